The molecule has 1 heterocycles. The van der Waals surface area contributed by atoms with Gasteiger partial charge in [0.15, 0.2) is 0 Å². The summed E-state index contributed by atoms with van der Waals surface area (Å²) in [6.45, 7) is 5.30. The van der Waals surface area contributed by atoms with Crippen LogP contribution in [0.15, 0.2) is 12.3 Å². The molecule has 18 heavy (non-hydrogen) atoms. The molecule has 1 atom stereocenters. The summed E-state index contributed by atoms with van der Waals surface area (Å²) < 4.78 is 37.6. The topological polar surface area (TPSA) is 55.0 Å². The van der Waals surface area contributed by atoms with Crippen LogP contribution in [0.1, 0.15) is 19.5 Å². The van der Waals surface area contributed by atoms with Gasteiger partial charge in [-0.05, 0) is 25.5 Å². The van der Waals surface area contributed by atoms with E-state index in [0.717, 1.165) is 12.3 Å². The highest BCUT2D eigenvalue weighted by Gasteiger charge is 2.33. The normalized spacial score (nSPS) is 13.4. The van der Waals surface area contributed by atoms with Crippen molar-refractivity contribution in [3.05, 3.63) is 18.0 Å². The minimum absolute atomic E-state index is 0.0904. The van der Waals surface area contributed by atoms with Gasteiger partial charge in [-0.25, -0.2) is 9.97 Å². The van der Waals surface area contributed by atoms with Crippen molar-refractivity contribution in [2.45, 2.75) is 20.0 Å². The number of hydrogen-bond donors (Lipinski definition) is 1. The quantitative estimate of drug-likeness (QED) is 0.880. The lowest BCUT2D eigenvalue weighted by atomic mass is 10.2. The standard InChI is InChI=1S/C11H17F3N4/c1-3-18(7-8(2)6-15)10-16-5-4-9(17-10)11(12,13)14/h4-5,8H,3,6-7,15H2,1-2H3. The zero-order chi connectivity index (χ0) is 13.8. The number of anilines is 1. The SMILES string of the molecule is CCN(CC(C)CN)c1nccc(C(F)(F)F)n1. The number of nitrogens with zero attached hydrogens (tertiary/aromatic N) is 3. The van der Waals surface area contributed by atoms with Gasteiger partial charge in [0.1, 0.15) is 5.69 Å². The first kappa shape index (κ1) is 14.7. The van der Waals surface area contributed by atoms with E-state index in [-0.39, 0.29) is 11.9 Å². The molecular weight excluding hydrogens is 245 g/mol. The van der Waals surface area contributed by atoms with Gasteiger partial charge in [0.05, 0.1) is 0 Å². The maximum Gasteiger partial charge on any atom is 0.433 e. The van der Waals surface area contributed by atoms with Gasteiger partial charge in [0.2, 0.25) is 5.95 Å². The number of nitrogens with two attached hydrogens (primary N) is 1. The van der Waals surface area contributed by atoms with Gasteiger partial charge in [0.25, 0.3) is 0 Å². The molecule has 0 amide bonds. The van der Waals surface area contributed by atoms with Gasteiger partial charge in [-0.2, -0.15) is 13.2 Å². The Morgan fingerprint density at radius 2 is 2.11 bits per heavy atom. The van der Waals surface area contributed by atoms with Crippen molar-refractivity contribution in [3.8, 4) is 0 Å². The van der Waals surface area contributed by atoms with Crippen molar-refractivity contribution >= 4 is 5.95 Å². The second-order valence-corrected chi connectivity index (χ2v) is 4.12. The lowest BCUT2D eigenvalue weighted by Gasteiger charge is -2.24. The Morgan fingerprint density at radius 3 is 2.61 bits per heavy atom. The molecule has 1 unspecified atom stereocenters. The Bertz CT molecular complexity index is 381. The van der Waals surface area contributed by atoms with Crippen LogP contribution < -0.4 is 10.6 Å². The summed E-state index contributed by atoms with van der Waals surface area (Å²) >= 11 is 0. The molecule has 0 aliphatic rings. The third-order valence-corrected chi connectivity index (χ3v) is 2.53. The van der Waals surface area contributed by atoms with Gasteiger partial charge in [-0.3, -0.25) is 0 Å². The lowest BCUT2D eigenvalue weighted by molar-refractivity contribution is -0.141. The lowest BCUT2D eigenvalue weighted by Crippen LogP contribution is -2.33. The van der Waals surface area contributed by atoms with E-state index in [1.165, 1.54) is 0 Å². The highest BCUT2D eigenvalue weighted by Crippen LogP contribution is 2.28. The van der Waals surface area contributed by atoms with Crippen LogP contribution in [0.3, 0.4) is 0 Å². The van der Waals surface area contributed by atoms with Crippen LogP contribution in [0.25, 0.3) is 0 Å². The van der Waals surface area contributed by atoms with Crippen molar-refractivity contribution in [2.75, 3.05) is 24.5 Å². The molecule has 0 aliphatic heterocycles. The Balaban J connectivity index is 2.93. The minimum Gasteiger partial charge on any atom is -0.341 e. The zero-order valence-corrected chi connectivity index (χ0v) is 10.4. The van der Waals surface area contributed by atoms with Crippen LogP contribution in [0.5, 0.6) is 0 Å². The van der Waals surface area contributed by atoms with E-state index < -0.39 is 11.9 Å². The van der Waals surface area contributed by atoms with Gasteiger partial charge >= 0.3 is 6.18 Å². The second kappa shape index (κ2) is 5.99. The molecule has 0 fully saturated rings. The summed E-state index contributed by atoms with van der Waals surface area (Å²) in [4.78, 5) is 9.12. The molecule has 102 valence electrons. The maximum atomic E-state index is 12.5. The van der Waals surface area contributed by atoms with Gasteiger partial charge in [-0.1, -0.05) is 6.92 Å². The van der Waals surface area contributed by atoms with E-state index in [1.54, 1.807) is 4.90 Å². The first-order chi connectivity index (χ1) is 8.38. The second-order valence-electron chi connectivity index (χ2n) is 4.12. The first-order valence-electron chi connectivity index (χ1n) is 5.73. The summed E-state index contributed by atoms with van der Waals surface area (Å²) in [5, 5.41) is 0. The number of aromatic nitrogens is 2. The van der Waals surface area contributed by atoms with Crippen molar-refractivity contribution < 1.29 is 13.2 Å². The molecule has 0 saturated carbocycles. The Morgan fingerprint density at radius 1 is 1.44 bits per heavy atom. The molecule has 0 radical (unpaired) electrons. The van der Waals surface area contributed by atoms with E-state index in [0.29, 0.717) is 19.6 Å². The average molecular weight is 262 g/mol. The monoisotopic (exact) mass is 262 g/mol. The summed E-state index contributed by atoms with van der Waals surface area (Å²) in [5.74, 6) is 0.260. The fourth-order valence-electron chi connectivity index (χ4n) is 1.46. The predicted molar refractivity (Wildman–Crippen MR) is 63.1 cm³/mol. The van der Waals surface area contributed by atoms with Crippen molar-refractivity contribution in [1.29, 1.82) is 0 Å². The summed E-state index contributed by atoms with van der Waals surface area (Å²) in [6.07, 6.45) is -3.32. The molecule has 4 nitrogen and oxygen atoms in total. The summed E-state index contributed by atoms with van der Waals surface area (Å²) in [6, 6.07) is 0.865. The van der Waals surface area contributed by atoms with Crippen LogP contribution in [0, 0.1) is 5.92 Å². The van der Waals surface area contributed by atoms with Crippen LogP contribution in [-0.4, -0.2) is 29.6 Å². The van der Waals surface area contributed by atoms with Crippen molar-refractivity contribution in [3.63, 3.8) is 0 Å². The molecule has 7 heteroatoms. The molecule has 0 saturated heterocycles. The molecule has 0 aromatic carbocycles. The third-order valence-electron chi connectivity index (χ3n) is 2.53. The highest BCUT2D eigenvalue weighted by atomic mass is 19.4. The molecule has 1 aromatic rings. The maximum absolute atomic E-state index is 12.5. The molecule has 1 aromatic heterocycles. The Kier molecular flexibility index (Phi) is 4.89. The van der Waals surface area contributed by atoms with Gasteiger partial charge < -0.3 is 10.6 Å². The highest BCUT2D eigenvalue weighted by molar-refractivity contribution is 5.30. The molecule has 0 spiro atoms. The largest absolute Gasteiger partial charge is 0.433 e. The van der Waals surface area contributed by atoms with E-state index in [9.17, 15) is 13.2 Å². The summed E-state index contributed by atoms with van der Waals surface area (Å²) in [7, 11) is 0. The number of hydrogen-bond acceptors (Lipinski definition) is 4. The average Bonchev–Trinajstić information content (AvgIpc) is 2.34. The van der Waals surface area contributed by atoms with E-state index in [1.807, 2.05) is 13.8 Å². The molecular formula is C11H17F3N4. The Hall–Kier alpha value is -1.37. The smallest absolute Gasteiger partial charge is 0.341 e. The van der Waals surface area contributed by atoms with Gasteiger partial charge in [0, 0.05) is 19.3 Å². The van der Waals surface area contributed by atoms with Crippen LogP contribution >= 0.6 is 0 Å². The molecule has 0 bridgehead atoms. The van der Waals surface area contributed by atoms with Crippen LogP contribution in [0.2, 0.25) is 0 Å². The fraction of sp³-hybridized carbons (Fsp3) is 0.636. The number of alkyl halides is 3. The minimum atomic E-state index is -4.45. The van der Waals surface area contributed by atoms with Crippen LogP contribution in [-0.2, 0) is 6.18 Å². The van der Waals surface area contributed by atoms with Crippen molar-refractivity contribution in [2.24, 2.45) is 11.7 Å². The predicted octanol–water partition coefficient (Wildman–Crippen LogP) is 1.92. The Labute approximate surface area is 104 Å². The van der Waals surface area contributed by atoms with E-state index in [4.69, 9.17) is 5.73 Å². The molecule has 0 aliphatic carbocycles. The third kappa shape index (κ3) is 3.83. The van der Waals surface area contributed by atoms with Gasteiger partial charge in [-0.15, -0.1) is 0 Å². The van der Waals surface area contributed by atoms with E-state index in [2.05, 4.69) is 9.97 Å². The molecule has 1 rings (SSSR count). The number of halogens is 3. The summed E-state index contributed by atoms with van der Waals surface area (Å²) in [5.41, 5.74) is 4.58. The van der Waals surface area contributed by atoms with Crippen LogP contribution in [0.4, 0.5) is 19.1 Å². The van der Waals surface area contributed by atoms with Crippen molar-refractivity contribution in [1.82, 2.24) is 9.97 Å². The van der Waals surface area contributed by atoms with E-state index >= 15 is 0 Å². The first-order valence-corrected chi connectivity index (χ1v) is 5.73. The zero-order valence-electron chi connectivity index (χ0n) is 10.4. The fourth-order valence-corrected chi connectivity index (χ4v) is 1.46. The number of rotatable bonds is 5. The molecule has 2 N–H and O–H groups in total.